The Morgan fingerprint density at radius 3 is 2.96 bits per heavy atom. The fourth-order valence-corrected chi connectivity index (χ4v) is 2.64. The third-order valence-corrected chi connectivity index (χ3v) is 3.88. The molecule has 0 aliphatic carbocycles. The summed E-state index contributed by atoms with van der Waals surface area (Å²) in [6, 6.07) is 7.76. The van der Waals surface area contributed by atoms with E-state index in [0.29, 0.717) is 31.2 Å². The Labute approximate surface area is 140 Å². The molecule has 2 aromatic rings. The molecule has 128 valence electrons. The van der Waals surface area contributed by atoms with Gasteiger partial charge in [0.2, 0.25) is 17.6 Å². The first-order valence-electron chi connectivity index (χ1n) is 8.30. The van der Waals surface area contributed by atoms with Crippen molar-refractivity contribution in [2.45, 2.75) is 32.2 Å². The molecule has 1 saturated heterocycles. The summed E-state index contributed by atoms with van der Waals surface area (Å²) < 4.78 is 10.6. The summed E-state index contributed by atoms with van der Waals surface area (Å²) in [5, 5.41) is 10.2. The fourth-order valence-electron chi connectivity index (χ4n) is 2.64. The Morgan fingerprint density at radius 1 is 1.42 bits per heavy atom. The van der Waals surface area contributed by atoms with Gasteiger partial charge in [-0.2, -0.15) is 4.98 Å². The molecular formula is C17H22N4O3. The Kier molecular flexibility index (Phi) is 5.43. The molecule has 1 fully saturated rings. The van der Waals surface area contributed by atoms with Crippen LogP contribution in [-0.2, 0) is 11.2 Å². The minimum absolute atomic E-state index is 0.0181. The van der Waals surface area contributed by atoms with E-state index in [0.717, 1.165) is 30.8 Å². The predicted octanol–water partition coefficient (Wildman–Crippen LogP) is 1.55. The van der Waals surface area contributed by atoms with Crippen molar-refractivity contribution in [2.75, 3.05) is 19.7 Å². The van der Waals surface area contributed by atoms with Gasteiger partial charge < -0.3 is 19.9 Å². The normalized spacial score (nSPS) is 17.0. The molecule has 1 aromatic heterocycles. The van der Waals surface area contributed by atoms with Gasteiger partial charge in [-0.25, -0.2) is 0 Å². The van der Waals surface area contributed by atoms with Gasteiger partial charge in [-0.15, -0.1) is 0 Å². The smallest absolute Gasteiger partial charge is 0.227 e. The first-order chi connectivity index (χ1) is 11.7. The molecule has 1 aromatic carbocycles. The van der Waals surface area contributed by atoms with Gasteiger partial charge in [-0.1, -0.05) is 5.16 Å². The molecule has 7 nitrogen and oxygen atoms in total. The fraction of sp³-hybridized carbons (Fsp3) is 0.471. The maximum Gasteiger partial charge on any atom is 0.227 e. The second-order valence-corrected chi connectivity index (χ2v) is 5.73. The summed E-state index contributed by atoms with van der Waals surface area (Å²) in [5.74, 6) is 1.82. The molecule has 1 aliphatic heterocycles. The number of benzene rings is 1. The van der Waals surface area contributed by atoms with E-state index >= 15 is 0 Å². The average Bonchev–Trinajstić information content (AvgIpc) is 3.26. The monoisotopic (exact) mass is 330 g/mol. The van der Waals surface area contributed by atoms with E-state index in [1.165, 1.54) is 0 Å². The Bertz CT molecular complexity index is 663. The third kappa shape index (κ3) is 4.32. The first-order valence-corrected chi connectivity index (χ1v) is 8.30. The number of amides is 1. The van der Waals surface area contributed by atoms with Crippen molar-refractivity contribution in [1.29, 1.82) is 0 Å². The third-order valence-electron chi connectivity index (χ3n) is 3.88. The van der Waals surface area contributed by atoms with Gasteiger partial charge in [0.25, 0.3) is 0 Å². The van der Waals surface area contributed by atoms with Crippen molar-refractivity contribution in [3.8, 4) is 17.1 Å². The molecule has 1 atom stereocenters. The van der Waals surface area contributed by atoms with Crippen LogP contribution in [0.15, 0.2) is 28.8 Å². The van der Waals surface area contributed by atoms with E-state index in [1.807, 2.05) is 31.2 Å². The van der Waals surface area contributed by atoms with Crippen molar-refractivity contribution in [2.24, 2.45) is 0 Å². The number of carbonyl (C=O) groups excluding carboxylic acids is 1. The van der Waals surface area contributed by atoms with Crippen LogP contribution < -0.4 is 15.4 Å². The highest BCUT2D eigenvalue weighted by Crippen LogP contribution is 2.20. The quantitative estimate of drug-likeness (QED) is 0.800. The molecule has 0 saturated carbocycles. The van der Waals surface area contributed by atoms with Crippen molar-refractivity contribution < 1.29 is 14.1 Å². The van der Waals surface area contributed by atoms with Crippen LogP contribution in [0, 0.1) is 0 Å². The summed E-state index contributed by atoms with van der Waals surface area (Å²) in [6.07, 6.45) is 1.77. The molecule has 0 radical (unpaired) electrons. The van der Waals surface area contributed by atoms with E-state index in [2.05, 4.69) is 20.8 Å². The molecule has 1 aliphatic rings. The van der Waals surface area contributed by atoms with Crippen molar-refractivity contribution in [1.82, 2.24) is 20.8 Å². The summed E-state index contributed by atoms with van der Waals surface area (Å²) in [6.45, 7) is 4.37. The molecule has 0 bridgehead atoms. The van der Waals surface area contributed by atoms with Gasteiger partial charge in [0.1, 0.15) is 5.75 Å². The van der Waals surface area contributed by atoms with E-state index in [1.54, 1.807) is 0 Å². The Balaban J connectivity index is 1.52. The van der Waals surface area contributed by atoms with Gasteiger partial charge in [0.15, 0.2) is 0 Å². The topological polar surface area (TPSA) is 89.3 Å². The van der Waals surface area contributed by atoms with E-state index in [-0.39, 0.29) is 11.9 Å². The van der Waals surface area contributed by atoms with Gasteiger partial charge in [-0.05, 0) is 44.2 Å². The van der Waals surface area contributed by atoms with E-state index < -0.39 is 0 Å². The minimum atomic E-state index is 0.0181. The summed E-state index contributed by atoms with van der Waals surface area (Å²) >= 11 is 0. The largest absolute Gasteiger partial charge is 0.494 e. The number of nitrogens with zero attached hydrogens (tertiary/aromatic N) is 2. The molecular weight excluding hydrogens is 308 g/mol. The molecule has 1 amide bonds. The van der Waals surface area contributed by atoms with Gasteiger partial charge >= 0.3 is 0 Å². The lowest BCUT2D eigenvalue weighted by atomic mass is 10.2. The Morgan fingerprint density at radius 2 is 2.25 bits per heavy atom. The number of nitrogens with one attached hydrogen (secondary N) is 2. The summed E-state index contributed by atoms with van der Waals surface area (Å²) in [4.78, 5) is 16.3. The highest BCUT2D eigenvalue weighted by molar-refractivity contribution is 5.76. The van der Waals surface area contributed by atoms with Crippen LogP contribution in [-0.4, -0.2) is 41.8 Å². The number of carbonyl (C=O) groups is 1. The summed E-state index contributed by atoms with van der Waals surface area (Å²) in [5.41, 5.74) is 0.856. The second kappa shape index (κ2) is 7.92. The van der Waals surface area contributed by atoms with Crippen LogP contribution >= 0.6 is 0 Å². The number of hydrogen-bond acceptors (Lipinski definition) is 6. The highest BCUT2D eigenvalue weighted by atomic mass is 16.5. The van der Waals surface area contributed by atoms with Crippen LogP contribution in [0.3, 0.4) is 0 Å². The molecule has 2 N–H and O–H groups in total. The zero-order valence-electron chi connectivity index (χ0n) is 13.7. The molecule has 24 heavy (non-hydrogen) atoms. The van der Waals surface area contributed by atoms with Crippen LogP contribution in [0.25, 0.3) is 11.4 Å². The zero-order chi connectivity index (χ0) is 16.8. The molecule has 3 rings (SSSR count). The van der Waals surface area contributed by atoms with Crippen molar-refractivity contribution in [3.05, 3.63) is 30.2 Å². The maximum absolute atomic E-state index is 11.9. The number of rotatable bonds is 7. The minimum Gasteiger partial charge on any atom is -0.494 e. The SMILES string of the molecule is CCOc1ccc(-c2noc(CCC(=O)NC3CCNC3)n2)cc1. The lowest BCUT2D eigenvalue weighted by molar-refractivity contribution is -0.121. The van der Waals surface area contributed by atoms with E-state index in [9.17, 15) is 4.79 Å². The Hall–Kier alpha value is -2.41. The van der Waals surface area contributed by atoms with Gasteiger partial charge in [-0.3, -0.25) is 4.79 Å². The van der Waals surface area contributed by atoms with Crippen LogP contribution in [0.1, 0.15) is 25.7 Å². The van der Waals surface area contributed by atoms with Gasteiger partial charge in [0, 0.05) is 31.0 Å². The lowest BCUT2D eigenvalue weighted by Crippen LogP contribution is -2.36. The van der Waals surface area contributed by atoms with E-state index in [4.69, 9.17) is 9.26 Å². The molecule has 2 heterocycles. The van der Waals surface area contributed by atoms with Crippen molar-refractivity contribution >= 4 is 5.91 Å². The second-order valence-electron chi connectivity index (χ2n) is 5.73. The van der Waals surface area contributed by atoms with Gasteiger partial charge in [0.05, 0.1) is 6.61 Å². The standard InChI is InChI=1S/C17H22N4O3/c1-2-23-14-5-3-12(4-6-14)17-20-16(24-21-17)8-7-15(22)19-13-9-10-18-11-13/h3-6,13,18H,2,7-11H2,1H3,(H,19,22). The predicted molar refractivity (Wildman–Crippen MR) is 88.6 cm³/mol. The lowest BCUT2D eigenvalue weighted by Gasteiger charge is -2.10. The maximum atomic E-state index is 11.9. The number of aryl methyl sites for hydroxylation is 1. The number of hydrogen-bond donors (Lipinski definition) is 2. The van der Waals surface area contributed by atoms with Crippen LogP contribution in [0.4, 0.5) is 0 Å². The van der Waals surface area contributed by atoms with Crippen LogP contribution in [0.2, 0.25) is 0 Å². The molecule has 1 unspecified atom stereocenters. The highest BCUT2D eigenvalue weighted by Gasteiger charge is 2.17. The number of ether oxygens (including phenoxy) is 1. The first kappa shape index (κ1) is 16.4. The summed E-state index contributed by atoms with van der Waals surface area (Å²) in [7, 11) is 0. The molecule has 0 spiro atoms. The molecule has 7 heteroatoms. The van der Waals surface area contributed by atoms with Crippen LogP contribution in [0.5, 0.6) is 5.75 Å². The number of aromatic nitrogens is 2. The average molecular weight is 330 g/mol. The zero-order valence-corrected chi connectivity index (χ0v) is 13.7. The van der Waals surface area contributed by atoms with Crippen molar-refractivity contribution in [3.63, 3.8) is 0 Å².